The lowest BCUT2D eigenvalue weighted by atomic mass is 10.1. The topological polar surface area (TPSA) is 63.5 Å². The lowest BCUT2D eigenvalue weighted by Crippen LogP contribution is -2.48. The summed E-state index contributed by atoms with van der Waals surface area (Å²) in [6, 6.07) is 7.69. The van der Waals surface area contributed by atoms with Crippen molar-refractivity contribution in [2.75, 3.05) is 40.3 Å². The number of hydrogen-bond donors (Lipinski definition) is 0. The van der Waals surface area contributed by atoms with Crippen LogP contribution in [0.1, 0.15) is 15.9 Å². The van der Waals surface area contributed by atoms with Gasteiger partial charge in [-0.1, -0.05) is 23.4 Å². The van der Waals surface area contributed by atoms with Gasteiger partial charge in [0.05, 0.1) is 25.5 Å². The molecule has 7 heteroatoms. The average Bonchev–Trinajstić information content (AvgIpc) is 3.07. The van der Waals surface area contributed by atoms with Crippen molar-refractivity contribution in [3.63, 3.8) is 0 Å². The molecule has 2 aromatic rings. The highest BCUT2D eigenvalue weighted by Crippen LogP contribution is 2.16. The molecule has 24 heavy (non-hydrogen) atoms. The van der Waals surface area contributed by atoms with E-state index in [0.29, 0.717) is 26.2 Å². The van der Waals surface area contributed by atoms with Crippen molar-refractivity contribution < 1.29 is 9.53 Å². The molecule has 0 saturated carbocycles. The summed E-state index contributed by atoms with van der Waals surface area (Å²) in [6.07, 6.45) is 3.49. The molecular formula is C17H23N5O2. The fraction of sp³-hybridized carbons (Fsp3) is 0.471. The highest BCUT2D eigenvalue weighted by atomic mass is 16.5. The zero-order valence-corrected chi connectivity index (χ0v) is 14.1. The molecule has 3 rings (SSSR count). The van der Waals surface area contributed by atoms with Crippen LogP contribution in [0, 0.1) is 0 Å². The molecular weight excluding hydrogens is 306 g/mol. The van der Waals surface area contributed by atoms with Crippen LogP contribution in [0.4, 0.5) is 0 Å². The Balaban J connectivity index is 1.75. The number of ether oxygens (including phenoxy) is 1. The minimum Gasteiger partial charge on any atom is -0.373 e. The number of carbonyl (C=O) groups is 1. The number of likely N-dealkylation sites (N-methyl/N-ethyl adjacent to an activating group) is 1. The minimum absolute atomic E-state index is 0.0535. The normalized spacial score (nSPS) is 18.1. The van der Waals surface area contributed by atoms with E-state index in [4.69, 9.17) is 4.74 Å². The van der Waals surface area contributed by atoms with Crippen LogP contribution in [0.2, 0.25) is 0 Å². The number of morpholine rings is 1. The van der Waals surface area contributed by atoms with Crippen LogP contribution >= 0.6 is 0 Å². The van der Waals surface area contributed by atoms with Crippen LogP contribution in [0.15, 0.2) is 36.7 Å². The van der Waals surface area contributed by atoms with E-state index >= 15 is 0 Å². The molecule has 1 aromatic carbocycles. The van der Waals surface area contributed by atoms with Crippen molar-refractivity contribution in [2.45, 2.75) is 12.6 Å². The number of aromatic nitrogens is 3. The zero-order chi connectivity index (χ0) is 16.9. The molecule has 0 spiro atoms. The molecule has 128 valence electrons. The molecule has 0 N–H and O–H groups in total. The Morgan fingerprint density at radius 3 is 2.96 bits per heavy atom. The predicted octanol–water partition coefficient (Wildman–Crippen LogP) is 0.729. The molecule has 0 radical (unpaired) electrons. The van der Waals surface area contributed by atoms with E-state index in [0.717, 1.165) is 17.7 Å². The smallest absolute Gasteiger partial charge is 0.254 e. The standard InChI is InChI=1S/C17H23N5O2/c1-20(2)12-15-13-21(9-10-24-15)17(23)16-6-4-3-5-14(16)11-22-8-7-18-19-22/h3-8,15H,9-13H2,1-2H3. The Morgan fingerprint density at radius 2 is 2.21 bits per heavy atom. The van der Waals surface area contributed by atoms with Crippen molar-refractivity contribution in [3.05, 3.63) is 47.8 Å². The average molecular weight is 329 g/mol. The molecule has 1 saturated heterocycles. The van der Waals surface area contributed by atoms with Gasteiger partial charge in [0.2, 0.25) is 0 Å². The second-order valence-corrected chi connectivity index (χ2v) is 6.26. The molecule has 1 aliphatic rings. The van der Waals surface area contributed by atoms with E-state index < -0.39 is 0 Å². The summed E-state index contributed by atoms with van der Waals surface area (Å²) in [6.45, 7) is 3.17. The largest absolute Gasteiger partial charge is 0.373 e. The second kappa shape index (κ2) is 7.55. The van der Waals surface area contributed by atoms with E-state index in [9.17, 15) is 4.79 Å². The van der Waals surface area contributed by atoms with E-state index in [1.165, 1.54) is 0 Å². The van der Waals surface area contributed by atoms with Gasteiger partial charge in [0.25, 0.3) is 5.91 Å². The fourth-order valence-electron chi connectivity index (χ4n) is 2.95. The van der Waals surface area contributed by atoms with Gasteiger partial charge in [0.1, 0.15) is 0 Å². The summed E-state index contributed by atoms with van der Waals surface area (Å²) in [5, 5.41) is 7.80. The predicted molar refractivity (Wildman–Crippen MR) is 89.8 cm³/mol. The van der Waals surface area contributed by atoms with Gasteiger partial charge in [-0.15, -0.1) is 5.10 Å². The maximum Gasteiger partial charge on any atom is 0.254 e. The first-order valence-electron chi connectivity index (χ1n) is 8.11. The third kappa shape index (κ3) is 3.98. The summed E-state index contributed by atoms with van der Waals surface area (Å²) < 4.78 is 7.49. The third-order valence-electron chi connectivity index (χ3n) is 4.05. The number of rotatable bonds is 5. The van der Waals surface area contributed by atoms with Gasteiger partial charge in [0, 0.05) is 31.4 Å². The molecule has 0 aliphatic carbocycles. The van der Waals surface area contributed by atoms with Gasteiger partial charge < -0.3 is 14.5 Å². The molecule has 1 fully saturated rings. The van der Waals surface area contributed by atoms with Crippen molar-refractivity contribution in [1.29, 1.82) is 0 Å². The number of carbonyl (C=O) groups excluding carboxylic acids is 1. The van der Waals surface area contributed by atoms with Crippen molar-refractivity contribution in [3.8, 4) is 0 Å². The molecule has 2 heterocycles. The molecule has 1 atom stereocenters. The Hall–Kier alpha value is -2.25. The van der Waals surface area contributed by atoms with E-state index in [1.54, 1.807) is 17.1 Å². The Bertz CT molecular complexity index is 671. The van der Waals surface area contributed by atoms with Crippen LogP contribution in [-0.4, -0.2) is 77.1 Å². The summed E-state index contributed by atoms with van der Waals surface area (Å²) in [5.41, 5.74) is 1.67. The monoisotopic (exact) mass is 329 g/mol. The molecule has 1 amide bonds. The van der Waals surface area contributed by atoms with E-state index in [1.807, 2.05) is 43.3 Å². The summed E-state index contributed by atoms with van der Waals surface area (Å²) in [5.74, 6) is 0.0535. The Labute approximate surface area is 141 Å². The molecule has 1 aromatic heterocycles. The maximum atomic E-state index is 13.0. The number of benzene rings is 1. The number of amides is 1. The van der Waals surface area contributed by atoms with Gasteiger partial charge in [-0.25, -0.2) is 4.68 Å². The maximum absolute atomic E-state index is 13.0. The second-order valence-electron chi connectivity index (χ2n) is 6.26. The van der Waals surface area contributed by atoms with Crippen molar-refractivity contribution >= 4 is 5.91 Å². The van der Waals surface area contributed by atoms with Gasteiger partial charge in [-0.3, -0.25) is 4.79 Å². The van der Waals surface area contributed by atoms with Crippen LogP contribution in [0.5, 0.6) is 0 Å². The van der Waals surface area contributed by atoms with Gasteiger partial charge >= 0.3 is 0 Å². The minimum atomic E-state index is 0.0535. The fourth-order valence-corrected chi connectivity index (χ4v) is 2.95. The van der Waals surface area contributed by atoms with E-state index in [-0.39, 0.29) is 12.0 Å². The van der Waals surface area contributed by atoms with Crippen molar-refractivity contribution in [1.82, 2.24) is 24.8 Å². The summed E-state index contributed by atoms with van der Waals surface area (Å²) >= 11 is 0. The molecule has 0 bridgehead atoms. The number of nitrogens with zero attached hydrogens (tertiary/aromatic N) is 5. The third-order valence-corrected chi connectivity index (χ3v) is 4.05. The highest BCUT2D eigenvalue weighted by Gasteiger charge is 2.26. The van der Waals surface area contributed by atoms with Crippen LogP contribution in [0.3, 0.4) is 0 Å². The summed E-state index contributed by atoms with van der Waals surface area (Å²) in [4.78, 5) is 17.0. The SMILES string of the molecule is CN(C)CC1CN(C(=O)c2ccccc2Cn2ccnn2)CCO1. The quantitative estimate of drug-likeness (QED) is 0.809. The zero-order valence-electron chi connectivity index (χ0n) is 14.1. The van der Waals surface area contributed by atoms with Crippen molar-refractivity contribution in [2.24, 2.45) is 0 Å². The van der Waals surface area contributed by atoms with Gasteiger partial charge in [0.15, 0.2) is 0 Å². The van der Waals surface area contributed by atoms with Crippen LogP contribution < -0.4 is 0 Å². The lowest BCUT2D eigenvalue weighted by molar-refractivity contribution is -0.0306. The Kier molecular flexibility index (Phi) is 5.22. The highest BCUT2D eigenvalue weighted by molar-refractivity contribution is 5.95. The lowest BCUT2D eigenvalue weighted by Gasteiger charge is -2.34. The van der Waals surface area contributed by atoms with Crippen LogP contribution in [-0.2, 0) is 11.3 Å². The first-order chi connectivity index (χ1) is 11.6. The van der Waals surface area contributed by atoms with Gasteiger partial charge in [-0.2, -0.15) is 0 Å². The molecule has 7 nitrogen and oxygen atoms in total. The Morgan fingerprint density at radius 1 is 1.38 bits per heavy atom. The summed E-state index contributed by atoms with van der Waals surface area (Å²) in [7, 11) is 4.02. The first-order valence-corrected chi connectivity index (χ1v) is 8.11. The first kappa shape index (κ1) is 16.6. The van der Waals surface area contributed by atoms with Gasteiger partial charge in [-0.05, 0) is 25.7 Å². The van der Waals surface area contributed by atoms with Crippen LogP contribution in [0.25, 0.3) is 0 Å². The molecule has 1 unspecified atom stereocenters. The van der Waals surface area contributed by atoms with E-state index in [2.05, 4.69) is 15.2 Å². The molecule has 1 aliphatic heterocycles. The number of hydrogen-bond acceptors (Lipinski definition) is 5.